The molecule has 0 radical (unpaired) electrons. The molecule has 9 heteroatoms. The highest BCUT2D eigenvalue weighted by Gasteiger charge is 2.40. The van der Waals surface area contributed by atoms with Gasteiger partial charge in [0.25, 0.3) is 0 Å². The minimum Gasteiger partial charge on any atom is -0.454 e. The zero-order chi connectivity index (χ0) is 24.1. The highest BCUT2D eigenvalue weighted by Crippen LogP contribution is 2.39. The molecule has 176 valence electrons. The summed E-state index contributed by atoms with van der Waals surface area (Å²) in [6.45, 7) is 0. The molecule has 0 aliphatic carbocycles. The van der Waals surface area contributed by atoms with Gasteiger partial charge in [-0.25, -0.2) is 4.39 Å². The Labute approximate surface area is 185 Å². The van der Waals surface area contributed by atoms with E-state index in [9.17, 15) is 30.7 Å². The van der Waals surface area contributed by atoms with Crippen molar-refractivity contribution in [2.45, 2.75) is 37.7 Å². The smallest absolute Gasteiger partial charge is 0.454 e. The van der Waals surface area contributed by atoms with Crippen LogP contribution in [0.2, 0.25) is 0 Å². The standard InChI is InChI=1S/C24H19F7O2/c25-21-14-9-16(15-22(21)32-18-6-2-1-3-7-18)5-4-8-20(23(26,27)28)17-10-12-19(13-11-17)33-24(29,30)31/h1-3,6-7,9-15,20H,4-5,8H2. The number of rotatable bonds is 8. The van der Waals surface area contributed by atoms with Crippen molar-refractivity contribution in [2.24, 2.45) is 0 Å². The highest BCUT2D eigenvalue weighted by molar-refractivity contribution is 5.35. The minimum atomic E-state index is -4.93. The molecule has 0 N–H and O–H groups in total. The first-order chi connectivity index (χ1) is 15.5. The van der Waals surface area contributed by atoms with Gasteiger partial charge >= 0.3 is 12.5 Å². The van der Waals surface area contributed by atoms with Crippen LogP contribution in [-0.2, 0) is 6.42 Å². The molecule has 3 aromatic rings. The molecule has 3 rings (SSSR count). The van der Waals surface area contributed by atoms with Crippen molar-refractivity contribution >= 4 is 0 Å². The van der Waals surface area contributed by atoms with Gasteiger partial charge in [-0.15, -0.1) is 13.2 Å². The summed E-state index contributed by atoms with van der Waals surface area (Å²) < 4.78 is 101. The Kier molecular flexibility index (Phi) is 7.50. The number of ether oxygens (including phenoxy) is 2. The van der Waals surface area contributed by atoms with E-state index in [0.717, 1.165) is 24.3 Å². The predicted octanol–water partition coefficient (Wildman–Crippen LogP) is 8.19. The van der Waals surface area contributed by atoms with Gasteiger partial charge in [-0.2, -0.15) is 13.2 Å². The predicted molar refractivity (Wildman–Crippen MR) is 108 cm³/mol. The van der Waals surface area contributed by atoms with E-state index in [1.807, 2.05) is 0 Å². The average molecular weight is 472 g/mol. The maximum absolute atomic E-state index is 14.1. The van der Waals surface area contributed by atoms with Gasteiger partial charge in [0, 0.05) is 0 Å². The van der Waals surface area contributed by atoms with Crippen molar-refractivity contribution in [3.8, 4) is 17.2 Å². The first kappa shape index (κ1) is 24.4. The summed E-state index contributed by atoms with van der Waals surface area (Å²) in [4.78, 5) is 0. The normalized spacial score (nSPS) is 12.9. The van der Waals surface area contributed by atoms with E-state index in [1.165, 1.54) is 18.2 Å². The summed E-state index contributed by atoms with van der Waals surface area (Å²) in [6, 6.07) is 16.3. The molecule has 0 heterocycles. The highest BCUT2D eigenvalue weighted by atomic mass is 19.4. The van der Waals surface area contributed by atoms with Crippen LogP contribution in [0.5, 0.6) is 17.2 Å². The van der Waals surface area contributed by atoms with Crippen LogP contribution in [0.3, 0.4) is 0 Å². The summed E-state index contributed by atoms with van der Waals surface area (Å²) >= 11 is 0. The van der Waals surface area contributed by atoms with Crippen molar-refractivity contribution < 1.29 is 40.2 Å². The van der Waals surface area contributed by atoms with Gasteiger partial charge in [0.1, 0.15) is 11.5 Å². The molecule has 0 spiro atoms. The molecule has 0 bridgehead atoms. The van der Waals surface area contributed by atoms with Crippen molar-refractivity contribution in [3.63, 3.8) is 0 Å². The third-order valence-electron chi connectivity index (χ3n) is 4.84. The van der Waals surface area contributed by atoms with Crippen molar-refractivity contribution in [1.82, 2.24) is 0 Å². The Balaban J connectivity index is 1.66. The minimum absolute atomic E-state index is 0.0358. The largest absolute Gasteiger partial charge is 0.573 e. The molecule has 33 heavy (non-hydrogen) atoms. The molecule has 0 amide bonds. The number of hydrogen-bond donors (Lipinski definition) is 0. The van der Waals surface area contributed by atoms with E-state index in [2.05, 4.69) is 4.74 Å². The fourth-order valence-corrected chi connectivity index (χ4v) is 3.33. The van der Waals surface area contributed by atoms with Crippen molar-refractivity contribution in [1.29, 1.82) is 0 Å². The maximum Gasteiger partial charge on any atom is 0.573 e. The van der Waals surface area contributed by atoms with E-state index >= 15 is 0 Å². The lowest BCUT2D eigenvalue weighted by Crippen LogP contribution is -2.21. The lowest BCUT2D eigenvalue weighted by atomic mass is 9.92. The lowest BCUT2D eigenvalue weighted by Gasteiger charge is -2.21. The van der Waals surface area contributed by atoms with E-state index in [-0.39, 0.29) is 30.6 Å². The third-order valence-corrected chi connectivity index (χ3v) is 4.84. The lowest BCUT2D eigenvalue weighted by molar-refractivity contribution is -0.274. The number of benzene rings is 3. The summed E-state index contributed by atoms with van der Waals surface area (Å²) in [6.07, 6.45) is -9.47. The van der Waals surface area contributed by atoms with Crippen LogP contribution in [-0.4, -0.2) is 12.5 Å². The molecular weight excluding hydrogens is 453 g/mol. The molecule has 1 unspecified atom stereocenters. The van der Waals surface area contributed by atoms with Crippen molar-refractivity contribution in [3.05, 3.63) is 89.7 Å². The monoisotopic (exact) mass is 472 g/mol. The number of hydrogen-bond acceptors (Lipinski definition) is 2. The van der Waals surface area contributed by atoms with E-state index in [0.29, 0.717) is 11.3 Å². The van der Waals surface area contributed by atoms with Gasteiger partial charge in [0.15, 0.2) is 11.6 Å². The summed E-state index contributed by atoms with van der Waals surface area (Å²) in [5, 5.41) is 0. The Morgan fingerprint density at radius 2 is 1.42 bits per heavy atom. The van der Waals surface area contributed by atoms with Gasteiger partial charge in [-0.05, 0) is 66.8 Å². The SMILES string of the molecule is Fc1ccc(CCCC(c2ccc(OC(F)(F)F)cc2)C(F)(F)F)cc1Oc1ccccc1. The summed E-state index contributed by atoms with van der Waals surface area (Å²) in [5.74, 6) is -2.67. The topological polar surface area (TPSA) is 18.5 Å². The molecule has 0 aromatic heterocycles. The molecule has 0 aliphatic heterocycles. The quantitative estimate of drug-likeness (QED) is 0.308. The molecule has 0 saturated heterocycles. The third kappa shape index (κ3) is 7.40. The Morgan fingerprint density at radius 1 is 0.758 bits per heavy atom. The van der Waals surface area contributed by atoms with Crippen LogP contribution in [0, 0.1) is 5.82 Å². The van der Waals surface area contributed by atoms with Crippen LogP contribution in [0.1, 0.15) is 29.9 Å². The van der Waals surface area contributed by atoms with Crippen LogP contribution in [0.15, 0.2) is 72.8 Å². The summed E-state index contributed by atoms with van der Waals surface area (Å²) in [7, 11) is 0. The molecular formula is C24H19F7O2. The molecule has 2 nitrogen and oxygen atoms in total. The van der Waals surface area contributed by atoms with Gasteiger partial charge in [0.2, 0.25) is 0 Å². The van der Waals surface area contributed by atoms with Gasteiger partial charge in [-0.3, -0.25) is 0 Å². The Bertz CT molecular complexity index is 1030. The fourth-order valence-electron chi connectivity index (χ4n) is 3.33. The number of alkyl halides is 6. The fraction of sp³-hybridized carbons (Fsp3) is 0.250. The molecule has 0 saturated carbocycles. The second-order valence-electron chi connectivity index (χ2n) is 7.28. The number of aryl methyl sites for hydroxylation is 1. The molecule has 0 fully saturated rings. The average Bonchev–Trinajstić information content (AvgIpc) is 2.73. The van der Waals surface area contributed by atoms with Gasteiger partial charge in [0.05, 0.1) is 5.92 Å². The molecule has 3 aromatic carbocycles. The maximum atomic E-state index is 14.1. The van der Waals surface area contributed by atoms with E-state index < -0.39 is 30.0 Å². The molecule has 0 aliphatic rings. The van der Waals surface area contributed by atoms with Crippen molar-refractivity contribution in [2.75, 3.05) is 0 Å². The first-order valence-corrected chi connectivity index (χ1v) is 9.95. The zero-order valence-electron chi connectivity index (χ0n) is 17.1. The second kappa shape index (κ2) is 10.1. The number of halogens is 7. The van der Waals surface area contributed by atoms with Gasteiger partial charge < -0.3 is 9.47 Å². The van der Waals surface area contributed by atoms with E-state index in [1.54, 1.807) is 30.3 Å². The summed E-state index contributed by atoms with van der Waals surface area (Å²) in [5.41, 5.74) is 0.432. The van der Waals surface area contributed by atoms with Gasteiger partial charge in [-0.1, -0.05) is 36.4 Å². The van der Waals surface area contributed by atoms with Crippen LogP contribution >= 0.6 is 0 Å². The zero-order valence-corrected chi connectivity index (χ0v) is 17.1. The number of para-hydroxylation sites is 1. The Hall–Kier alpha value is -3.23. The van der Waals surface area contributed by atoms with E-state index in [4.69, 9.17) is 4.74 Å². The first-order valence-electron chi connectivity index (χ1n) is 9.95. The van der Waals surface area contributed by atoms with Crippen LogP contribution in [0.25, 0.3) is 0 Å². The van der Waals surface area contributed by atoms with Crippen LogP contribution < -0.4 is 9.47 Å². The van der Waals surface area contributed by atoms with Crippen LogP contribution in [0.4, 0.5) is 30.7 Å². The second-order valence-corrected chi connectivity index (χ2v) is 7.28. The Morgan fingerprint density at radius 3 is 2.03 bits per heavy atom. The molecule has 1 atom stereocenters.